The highest BCUT2D eigenvalue weighted by molar-refractivity contribution is 5.68. The molecule has 0 aliphatic heterocycles. The third-order valence-electron chi connectivity index (χ3n) is 1.72. The number of aliphatic hydroxyl groups is 1. The molecule has 2 atom stereocenters. The van der Waals surface area contributed by atoms with Gasteiger partial charge < -0.3 is 15.2 Å². The fourth-order valence-corrected chi connectivity index (χ4v) is 1.02. The predicted octanol–water partition coefficient (Wildman–Crippen LogP) is 1.67. The van der Waals surface area contributed by atoms with Crippen molar-refractivity contribution in [2.45, 2.75) is 58.8 Å². The van der Waals surface area contributed by atoms with Crippen molar-refractivity contribution in [1.82, 2.24) is 5.32 Å². The maximum Gasteiger partial charge on any atom is 0.407 e. The van der Waals surface area contributed by atoms with Crippen molar-refractivity contribution in [2.75, 3.05) is 0 Å². The van der Waals surface area contributed by atoms with Crippen LogP contribution in [0.4, 0.5) is 4.79 Å². The van der Waals surface area contributed by atoms with Gasteiger partial charge >= 0.3 is 6.09 Å². The van der Waals surface area contributed by atoms with Gasteiger partial charge in [-0.15, -0.1) is 0 Å². The van der Waals surface area contributed by atoms with Crippen LogP contribution in [0.3, 0.4) is 0 Å². The van der Waals surface area contributed by atoms with Crippen molar-refractivity contribution in [1.29, 1.82) is 0 Å². The number of alkyl carbamates (subject to hydrolysis) is 1. The predicted molar refractivity (Wildman–Crippen MR) is 55.1 cm³/mol. The molecule has 0 spiro atoms. The first-order valence-electron chi connectivity index (χ1n) is 4.94. The number of rotatable bonds is 3. The van der Waals surface area contributed by atoms with Gasteiger partial charge in [-0.1, -0.05) is 6.92 Å². The Labute approximate surface area is 85.6 Å². The first kappa shape index (κ1) is 13.2. The lowest BCUT2D eigenvalue weighted by molar-refractivity contribution is 0.0434. The molecule has 0 fully saturated rings. The molecule has 0 rings (SSSR count). The van der Waals surface area contributed by atoms with Crippen LogP contribution in [0, 0.1) is 0 Å². The number of carbonyl (C=O) groups is 1. The zero-order chi connectivity index (χ0) is 11.4. The molecule has 0 heterocycles. The monoisotopic (exact) mass is 203 g/mol. The van der Waals surface area contributed by atoms with E-state index in [9.17, 15) is 9.90 Å². The highest BCUT2D eigenvalue weighted by Gasteiger charge is 2.20. The van der Waals surface area contributed by atoms with Crippen LogP contribution in [0.1, 0.15) is 41.0 Å². The van der Waals surface area contributed by atoms with Crippen molar-refractivity contribution in [3.8, 4) is 0 Å². The summed E-state index contributed by atoms with van der Waals surface area (Å²) in [4.78, 5) is 11.3. The average molecular weight is 203 g/mol. The van der Waals surface area contributed by atoms with Gasteiger partial charge in [0.2, 0.25) is 0 Å². The van der Waals surface area contributed by atoms with E-state index < -0.39 is 17.8 Å². The largest absolute Gasteiger partial charge is 0.444 e. The number of amides is 1. The standard InChI is InChI=1S/C10H21NO3/c1-6-8(7(2)12)11-9(13)14-10(3,4)5/h7-8,12H,6H2,1-5H3,(H,11,13)/t7?,8-/m0/s1. The molecule has 2 N–H and O–H groups in total. The molecule has 0 radical (unpaired) electrons. The second-order valence-corrected chi connectivity index (χ2v) is 4.40. The van der Waals surface area contributed by atoms with Crippen molar-refractivity contribution >= 4 is 6.09 Å². The van der Waals surface area contributed by atoms with E-state index in [0.29, 0.717) is 6.42 Å². The van der Waals surface area contributed by atoms with E-state index >= 15 is 0 Å². The van der Waals surface area contributed by atoms with Crippen LogP contribution in [0.5, 0.6) is 0 Å². The Morgan fingerprint density at radius 1 is 1.50 bits per heavy atom. The van der Waals surface area contributed by atoms with E-state index in [4.69, 9.17) is 4.74 Å². The zero-order valence-electron chi connectivity index (χ0n) is 9.63. The van der Waals surface area contributed by atoms with Gasteiger partial charge in [0.25, 0.3) is 0 Å². The van der Waals surface area contributed by atoms with E-state index in [2.05, 4.69) is 5.32 Å². The third-order valence-corrected chi connectivity index (χ3v) is 1.72. The second kappa shape index (κ2) is 5.20. The number of hydrogen-bond acceptors (Lipinski definition) is 3. The molecule has 0 saturated carbocycles. The van der Waals surface area contributed by atoms with Crippen molar-refractivity contribution in [2.24, 2.45) is 0 Å². The van der Waals surface area contributed by atoms with E-state index in [-0.39, 0.29) is 6.04 Å². The summed E-state index contributed by atoms with van der Waals surface area (Å²) in [6.07, 6.45) is -0.366. The first-order valence-corrected chi connectivity index (χ1v) is 4.94. The molecule has 14 heavy (non-hydrogen) atoms. The molecule has 84 valence electrons. The van der Waals surface area contributed by atoms with Gasteiger partial charge in [-0.05, 0) is 34.1 Å². The molecule has 4 nitrogen and oxygen atoms in total. The van der Waals surface area contributed by atoms with Gasteiger partial charge in [0.1, 0.15) is 5.60 Å². The minimum Gasteiger partial charge on any atom is -0.444 e. The normalized spacial score (nSPS) is 15.9. The van der Waals surface area contributed by atoms with Gasteiger partial charge in [0.15, 0.2) is 0 Å². The number of hydrogen-bond donors (Lipinski definition) is 2. The molecule has 0 aliphatic rings. The number of nitrogens with one attached hydrogen (secondary N) is 1. The summed E-state index contributed by atoms with van der Waals surface area (Å²) in [5.41, 5.74) is -0.499. The van der Waals surface area contributed by atoms with Crippen LogP contribution in [-0.2, 0) is 4.74 Å². The topological polar surface area (TPSA) is 58.6 Å². The van der Waals surface area contributed by atoms with E-state index in [1.54, 1.807) is 27.7 Å². The summed E-state index contributed by atoms with van der Waals surface area (Å²) >= 11 is 0. The molecular formula is C10H21NO3. The number of ether oxygens (including phenoxy) is 1. The molecule has 4 heteroatoms. The summed E-state index contributed by atoms with van der Waals surface area (Å²) in [5, 5.41) is 11.9. The van der Waals surface area contributed by atoms with Crippen molar-refractivity contribution in [3.63, 3.8) is 0 Å². The lowest BCUT2D eigenvalue weighted by Crippen LogP contribution is -2.44. The maximum atomic E-state index is 11.3. The second-order valence-electron chi connectivity index (χ2n) is 4.40. The quantitative estimate of drug-likeness (QED) is 0.733. The summed E-state index contributed by atoms with van der Waals surface area (Å²) in [7, 11) is 0. The SMILES string of the molecule is CC[C@H](NC(=O)OC(C)(C)C)C(C)O. The summed E-state index contributed by atoms with van der Waals surface area (Å²) in [5.74, 6) is 0. The zero-order valence-corrected chi connectivity index (χ0v) is 9.63. The fourth-order valence-electron chi connectivity index (χ4n) is 1.02. The van der Waals surface area contributed by atoms with Crippen LogP contribution in [-0.4, -0.2) is 28.9 Å². The Balaban J connectivity index is 4.04. The Morgan fingerprint density at radius 2 is 2.00 bits per heavy atom. The molecule has 0 aromatic heterocycles. The lowest BCUT2D eigenvalue weighted by Gasteiger charge is -2.24. The van der Waals surface area contributed by atoms with Crippen LogP contribution in [0.25, 0.3) is 0 Å². The van der Waals surface area contributed by atoms with Crippen LogP contribution < -0.4 is 5.32 Å². The lowest BCUT2D eigenvalue weighted by atomic mass is 10.1. The molecular weight excluding hydrogens is 182 g/mol. The highest BCUT2D eigenvalue weighted by atomic mass is 16.6. The molecule has 0 bridgehead atoms. The number of carbonyl (C=O) groups excluding carboxylic acids is 1. The first-order chi connectivity index (χ1) is 6.26. The van der Waals surface area contributed by atoms with Crippen molar-refractivity contribution in [3.05, 3.63) is 0 Å². The van der Waals surface area contributed by atoms with Crippen molar-refractivity contribution < 1.29 is 14.6 Å². The minimum absolute atomic E-state index is 0.246. The Bertz CT molecular complexity index is 184. The fraction of sp³-hybridized carbons (Fsp3) is 0.900. The average Bonchev–Trinajstić information content (AvgIpc) is 1.96. The Kier molecular flexibility index (Phi) is 4.91. The van der Waals surface area contributed by atoms with Gasteiger partial charge in [-0.3, -0.25) is 0 Å². The third kappa shape index (κ3) is 5.80. The highest BCUT2D eigenvalue weighted by Crippen LogP contribution is 2.07. The molecule has 0 aromatic carbocycles. The molecule has 1 amide bonds. The molecule has 1 unspecified atom stereocenters. The molecule has 0 aromatic rings. The van der Waals surface area contributed by atoms with Gasteiger partial charge in [0, 0.05) is 0 Å². The summed E-state index contributed by atoms with van der Waals surface area (Å²) < 4.78 is 5.06. The van der Waals surface area contributed by atoms with Gasteiger partial charge in [-0.25, -0.2) is 4.79 Å². The molecule has 0 saturated heterocycles. The Hall–Kier alpha value is -0.770. The number of aliphatic hydroxyl groups excluding tert-OH is 1. The minimum atomic E-state index is -0.562. The smallest absolute Gasteiger partial charge is 0.407 e. The van der Waals surface area contributed by atoms with Gasteiger partial charge in [0.05, 0.1) is 12.1 Å². The maximum absolute atomic E-state index is 11.3. The Morgan fingerprint density at radius 3 is 2.29 bits per heavy atom. The van der Waals surface area contributed by atoms with E-state index in [1.165, 1.54) is 0 Å². The van der Waals surface area contributed by atoms with E-state index in [1.807, 2.05) is 6.92 Å². The summed E-state index contributed by atoms with van der Waals surface area (Å²) in [6.45, 7) is 8.95. The van der Waals surface area contributed by atoms with Gasteiger partial charge in [-0.2, -0.15) is 0 Å². The summed E-state index contributed by atoms with van der Waals surface area (Å²) in [6, 6.07) is -0.246. The van der Waals surface area contributed by atoms with Crippen LogP contribution >= 0.6 is 0 Å². The van der Waals surface area contributed by atoms with Crippen LogP contribution in [0.2, 0.25) is 0 Å². The van der Waals surface area contributed by atoms with Crippen LogP contribution in [0.15, 0.2) is 0 Å². The van der Waals surface area contributed by atoms with E-state index in [0.717, 1.165) is 0 Å². The molecule has 0 aliphatic carbocycles.